The van der Waals surface area contributed by atoms with Crippen LogP contribution in [0.4, 0.5) is 5.13 Å². The maximum atomic E-state index is 11.7. The number of ether oxygens (including phenoxy) is 1. The van der Waals surface area contributed by atoms with Crippen molar-refractivity contribution in [2.75, 3.05) is 12.4 Å². The van der Waals surface area contributed by atoms with Crippen LogP contribution in [0.15, 0.2) is 28.1 Å². The van der Waals surface area contributed by atoms with E-state index in [1.807, 2.05) is 37.4 Å². The Hall–Kier alpha value is -1.40. The van der Waals surface area contributed by atoms with Gasteiger partial charge in [-0.3, -0.25) is 4.79 Å². The third-order valence-corrected chi connectivity index (χ3v) is 4.17. The molecule has 21 heavy (non-hydrogen) atoms. The number of benzene rings is 1. The molecule has 0 unspecified atom stereocenters. The van der Waals surface area contributed by atoms with Gasteiger partial charge in [-0.2, -0.15) is 0 Å². The number of nitrogens with one attached hydrogen (secondary N) is 1. The van der Waals surface area contributed by atoms with E-state index >= 15 is 0 Å². The molecule has 0 aliphatic rings. The van der Waals surface area contributed by atoms with Gasteiger partial charge in [0.15, 0.2) is 5.13 Å². The summed E-state index contributed by atoms with van der Waals surface area (Å²) >= 11 is 4.89. The van der Waals surface area contributed by atoms with Crippen molar-refractivity contribution in [2.45, 2.75) is 20.3 Å². The van der Waals surface area contributed by atoms with Gasteiger partial charge in [0.05, 0.1) is 17.3 Å². The molecule has 112 valence electrons. The minimum Gasteiger partial charge on any atom is -0.496 e. The standard InChI is InChI=1S/C15H17BrN2O2S/c1-9(2)6-14(19)18-15-17-12(8-21-15)10-4-5-13(20-3)11(16)7-10/h4-5,7-9H,6H2,1-3H3,(H,17,18,19). The zero-order valence-electron chi connectivity index (χ0n) is 12.1. The highest BCUT2D eigenvalue weighted by Crippen LogP contribution is 2.32. The smallest absolute Gasteiger partial charge is 0.226 e. The molecule has 1 aromatic heterocycles. The predicted octanol–water partition coefficient (Wildman–Crippen LogP) is 4.57. The molecule has 1 N–H and O–H groups in total. The lowest BCUT2D eigenvalue weighted by atomic mass is 10.1. The molecule has 0 atom stereocenters. The van der Waals surface area contributed by atoms with E-state index in [0.717, 1.165) is 21.5 Å². The van der Waals surface area contributed by atoms with Crippen LogP contribution in [0.5, 0.6) is 5.75 Å². The highest BCUT2D eigenvalue weighted by molar-refractivity contribution is 9.10. The number of amides is 1. The van der Waals surface area contributed by atoms with E-state index in [9.17, 15) is 4.79 Å². The van der Waals surface area contributed by atoms with Crippen LogP contribution in [0.2, 0.25) is 0 Å². The van der Waals surface area contributed by atoms with Crippen molar-refractivity contribution in [3.05, 3.63) is 28.1 Å². The van der Waals surface area contributed by atoms with Crippen molar-refractivity contribution in [2.24, 2.45) is 5.92 Å². The summed E-state index contributed by atoms with van der Waals surface area (Å²) in [6.07, 6.45) is 0.503. The molecule has 6 heteroatoms. The number of hydrogen-bond acceptors (Lipinski definition) is 4. The number of thiazole rings is 1. The van der Waals surface area contributed by atoms with Gasteiger partial charge in [0, 0.05) is 17.4 Å². The topological polar surface area (TPSA) is 51.2 Å². The molecule has 0 radical (unpaired) electrons. The SMILES string of the molecule is COc1ccc(-c2csc(NC(=O)CC(C)C)n2)cc1Br. The van der Waals surface area contributed by atoms with Gasteiger partial charge in [0.1, 0.15) is 5.75 Å². The Morgan fingerprint density at radius 3 is 2.86 bits per heavy atom. The van der Waals surface area contributed by atoms with E-state index in [1.54, 1.807) is 7.11 Å². The van der Waals surface area contributed by atoms with Crippen molar-refractivity contribution in [3.63, 3.8) is 0 Å². The quantitative estimate of drug-likeness (QED) is 0.840. The van der Waals surface area contributed by atoms with Crippen molar-refractivity contribution in [1.82, 2.24) is 4.98 Å². The molecule has 0 spiro atoms. The number of nitrogens with zero attached hydrogens (tertiary/aromatic N) is 1. The van der Waals surface area contributed by atoms with Gasteiger partial charge in [-0.15, -0.1) is 11.3 Å². The summed E-state index contributed by atoms with van der Waals surface area (Å²) in [5.74, 6) is 1.11. The van der Waals surface area contributed by atoms with Gasteiger partial charge in [-0.05, 0) is 40.0 Å². The van der Waals surface area contributed by atoms with Crippen LogP contribution in [0.25, 0.3) is 11.3 Å². The van der Waals surface area contributed by atoms with Gasteiger partial charge in [0.25, 0.3) is 0 Å². The maximum absolute atomic E-state index is 11.7. The monoisotopic (exact) mass is 368 g/mol. The second-order valence-corrected chi connectivity index (χ2v) is 6.75. The van der Waals surface area contributed by atoms with Crippen LogP contribution >= 0.6 is 27.3 Å². The number of rotatable bonds is 5. The summed E-state index contributed by atoms with van der Waals surface area (Å²) in [5, 5.41) is 5.39. The first-order valence-electron chi connectivity index (χ1n) is 6.59. The zero-order valence-corrected chi connectivity index (χ0v) is 14.5. The predicted molar refractivity (Wildman–Crippen MR) is 89.9 cm³/mol. The summed E-state index contributed by atoms with van der Waals surface area (Å²) in [6.45, 7) is 4.03. The highest BCUT2D eigenvalue weighted by atomic mass is 79.9. The largest absolute Gasteiger partial charge is 0.496 e. The number of carbonyl (C=O) groups excluding carboxylic acids is 1. The van der Waals surface area contributed by atoms with Gasteiger partial charge in [-0.25, -0.2) is 4.98 Å². The van der Waals surface area contributed by atoms with E-state index in [0.29, 0.717) is 17.5 Å². The molecular formula is C15H17BrN2O2S. The average Bonchev–Trinajstić information content (AvgIpc) is 2.86. The maximum Gasteiger partial charge on any atom is 0.226 e. The first kappa shape index (κ1) is 16.0. The van der Waals surface area contributed by atoms with Crippen molar-refractivity contribution >= 4 is 38.3 Å². The fourth-order valence-electron chi connectivity index (χ4n) is 1.83. The molecule has 0 fully saturated rings. The number of aromatic nitrogens is 1. The van der Waals surface area contributed by atoms with Crippen LogP contribution in [0, 0.1) is 5.92 Å². The molecule has 0 bridgehead atoms. The fraction of sp³-hybridized carbons (Fsp3) is 0.333. The minimum absolute atomic E-state index is 0.00168. The molecule has 0 saturated heterocycles. The third kappa shape index (κ3) is 4.28. The first-order valence-corrected chi connectivity index (χ1v) is 8.26. The van der Waals surface area contributed by atoms with Crippen LogP contribution < -0.4 is 10.1 Å². The molecular weight excluding hydrogens is 352 g/mol. The second kappa shape index (κ2) is 7.04. The lowest BCUT2D eigenvalue weighted by molar-refractivity contribution is -0.116. The molecule has 2 aromatic rings. The molecule has 1 amide bonds. The molecule has 1 heterocycles. The van der Waals surface area contributed by atoms with E-state index in [-0.39, 0.29) is 5.91 Å². The van der Waals surface area contributed by atoms with Crippen molar-refractivity contribution in [1.29, 1.82) is 0 Å². The number of halogens is 1. The molecule has 0 aliphatic heterocycles. The molecule has 0 saturated carbocycles. The Kier molecular flexibility index (Phi) is 5.36. The summed E-state index contributed by atoms with van der Waals surface area (Å²) in [6, 6.07) is 5.78. The Balaban J connectivity index is 2.12. The molecule has 1 aromatic carbocycles. The van der Waals surface area contributed by atoms with E-state index in [1.165, 1.54) is 11.3 Å². The van der Waals surface area contributed by atoms with Gasteiger partial charge in [-0.1, -0.05) is 13.8 Å². The summed E-state index contributed by atoms with van der Waals surface area (Å²) in [7, 11) is 1.63. The molecule has 4 nitrogen and oxygen atoms in total. The summed E-state index contributed by atoms with van der Waals surface area (Å²) in [5.41, 5.74) is 1.81. The van der Waals surface area contributed by atoms with Gasteiger partial charge in [0.2, 0.25) is 5.91 Å². The van der Waals surface area contributed by atoms with Crippen LogP contribution in [0.1, 0.15) is 20.3 Å². The van der Waals surface area contributed by atoms with E-state index in [4.69, 9.17) is 4.74 Å². The third-order valence-electron chi connectivity index (χ3n) is 2.79. The Morgan fingerprint density at radius 2 is 2.24 bits per heavy atom. The first-order chi connectivity index (χ1) is 9.99. The fourth-order valence-corrected chi connectivity index (χ4v) is 3.11. The zero-order chi connectivity index (χ0) is 15.4. The number of anilines is 1. The average molecular weight is 369 g/mol. The minimum atomic E-state index is 0.00168. The molecule has 0 aliphatic carbocycles. The van der Waals surface area contributed by atoms with E-state index < -0.39 is 0 Å². The Morgan fingerprint density at radius 1 is 1.48 bits per heavy atom. The summed E-state index contributed by atoms with van der Waals surface area (Å²) < 4.78 is 6.08. The highest BCUT2D eigenvalue weighted by Gasteiger charge is 2.10. The lowest BCUT2D eigenvalue weighted by Gasteiger charge is -2.05. The van der Waals surface area contributed by atoms with Crippen LogP contribution in [0.3, 0.4) is 0 Å². The second-order valence-electron chi connectivity index (χ2n) is 5.03. The number of hydrogen-bond donors (Lipinski definition) is 1. The van der Waals surface area contributed by atoms with Crippen LogP contribution in [-0.2, 0) is 4.79 Å². The van der Waals surface area contributed by atoms with Crippen molar-refractivity contribution in [3.8, 4) is 17.0 Å². The number of carbonyl (C=O) groups is 1. The van der Waals surface area contributed by atoms with Gasteiger partial charge < -0.3 is 10.1 Å². The van der Waals surface area contributed by atoms with Crippen LogP contribution in [-0.4, -0.2) is 18.0 Å². The molecule has 2 rings (SSSR count). The summed E-state index contributed by atoms with van der Waals surface area (Å²) in [4.78, 5) is 16.2. The van der Waals surface area contributed by atoms with Crippen molar-refractivity contribution < 1.29 is 9.53 Å². The normalized spacial score (nSPS) is 10.7. The lowest BCUT2D eigenvalue weighted by Crippen LogP contribution is -2.13. The van der Waals surface area contributed by atoms with E-state index in [2.05, 4.69) is 26.2 Å². The van der Waals surface area contributed by atoms with Gasteiger partial charge >= 0.3 is 0 Å². The number of methoxy groups -OCH3 is 1. The Bertz CT molecular complexity index is 640. The Labute approximate surface area is 136 Å².